The van der Waals surface area contributed by atoms with Gasteiger partial charge in [0.15, 0.2) is 0 Å². The standard InChI is InChI=1S/C3H7O3S/c1-3(2)7(4,5)6/h3H,1-2H3. The molecule has 4 heteroatoms. The predicted molar refractivity (Wildman–Crippen MR) is 24.7 cm³/mol. The molecule has 0 atom stereocenters. The van der Waals surface area contributed by atoms with Gasteiger partial charge in [-0.15, -0.1) is 0 Å². The first-order chi connectivity index (χ1) is 2.94. The van der Waals surface area contributed by atoms with Crippen LogP contribution in [0.25, 0.3) is 0 Å². The fraction of sp³-hybridized carbons (Fsp3) is 1.00. The minimum absolute atomic E-state index is 0.785. The van der Waals surface area contributed by atoms with Gasteiger partial charge in [0.25, 0.3) is 10.1 Å². The molecule has 0 fully saturated rings. The van der Waals surface area contributed by atoms with Crippen LogP contribution in [0.2, 0.25) is 0 Å². The zero-order valence-electron chi connectivity index (χ0n) is 4.21. The molecule has 0 saturated heterocycles. The van der Waals surface area contributed by atoms with E-state index < -0.39 is 15.4 Å². The van der Waals surface area contributed by atoms with Gasteiger partial charge < -0.3 is 0 Å². The summed E-state index contributed by atoms with van der Waals surface area (Å²) in [5.41, 5.74) is 0. The van der Waals surface area contributed by atoms with Crippen LogP contribution < -0.4 is 0 Å². The third-order valence-corrected chi connectivity index (χ3v) is 1.73. The van der Waals surface area contributed by atoms with Crippen molar-refractivity contribution in [1.29, 1.82) is 0 Å². The maximum absolute atomic E-state index is 9.78. The quantitative estimate of drug-likeness (QED) is 0.498. The highest BCUT2D eigenvalue weighted by molar-refractivity contribution is 7.86. The Labute approximate surface area is 43.1 Å². The van der Waals surface area contributed by atoms with Crippen LogP contribution in [0, 0.1) is 0 Å². The second-order valence-electron chi connectivity index (χ2n) is 1.54. The van der Waals surface area contributed by atoms with E-state index >= 15 is 0 Å². The fourth-order valence-corrected chi connectivity index (χ4v) is 0. The van der Waals surface area contributed by atoms with Gasteiger partial charge in [-0.2, -0.15) is 8.42 Å². The average Bonchev–Trinajstić information content (AvgIpc) is 1.31. The van der Waals surface area contributed by atoms with E-state index in [1.807, 2.05) is 0 Å². The van der Waals surface area contributed by atoms with Crippen molar-refractivity contribution in [3.8, 4) is 0 Å². The van der Waals surface area contributed by atoms with Crippen molar-refractivity contribution in [3.63, 3.8) is 0 Å². The first kappa shape index (κ1) is 6.91. The maximum Gasteiger partial charge on any atom is 0.296 e. The highest BCUT2D eigenvalue weighted by Gasteiger charge is 2.11. The molecule has 1 radical (unpaired) electrons. The highest BCUT2D eigenvalue weighted by Crippen LogP contribution is 1.93. The molecule has 0 N–H and O–H groups in total. The Kier molecular flexibility index (Phi) is 1.77. The largest absolute Gasteiger partial charge is 0.296 e. The summed E-state index contributed by atoms with van der Waals surface area (Å²) < 4.78 is 29.3. The van der Waals surface area contributed by atoms with E-state index in [0.717, 1.165) is 0 Å². The summed E-state index contributed by atoms with van der Waals surface area (Å²) in [6.45, 7) is 2.70. The lowest BCUT2D eigenvalue weighted by Crippen LogP contribution is -2.09. The predicted octanol–water partition coefficient (Wildman–Crippen LogP) is 0.155. The summed E-state index contributed by atoms with van der Waals surface area (Å²) in [4.78, 5) is 0. The molecule has 7 heavy (non-hydrogen) atoms. The van der Waals surface area contributed by atoms with Crippen LogP contribution in [-0.4, -0.2) is 13.7 Å². The second-order valence-corrected chi connectivity index (χ2v) is 3.47. The lowest BCUT2D eigenvalue weighted by atomic mass is 10.6. The Balaban J connectivity index is 4.10. The monoisotopic (exact) mass is 123 g/mol. The van der Waals surface area contributed by atoms with Gasteiger partial charge in [-0.05, 0) is 13.8 Å². The smallest absolute Gasteiger partial charge is 0.197 e. The van der Waals surface area contributed by atoms with Crippen LogP contribution in [0.4, 0.5) is 0 Å². The fourth-order valence-electron chi connectivity index (χ4n) is 0. The zero-order valence-corrected chi connectivity index (χ0v) is 5.03. The topological polar surface area (TPSA) is 54.0 Å². The summed E-state index contributed by atoms with van der Waals surface area (Å²) in [7, 11) is -3.99. The molecular formula is C3H7O3S. The average molecular weight is 123 g/mol. The molecule has 0 aromatic heterocycles. The van der Waals surface area contributed by atoms with Crippen LogP contribution >= 0.6 is 0 Å². The Morgan fingerprint density at radius 2 is 1.43 bits per heavy atom. The lowest BCUT2D eigenvalue weighted by molar-refractivity contribution is 0.406. The molecule has 0 aromatic rings. The molecule has 0 heterocycles. The van der Waals surface area contributed by atoms with Crippen molar-refractivity contribution >= 4 is 10.1 Å². The number of hydrogen-bond acceptors (Lipinski definition) is 2. The molecule has 0 unspecified atom stereocenters. The molecule has 0 aromatic carbocycles. The number of rotatable bonds is 1. The molecule has 0 aliphatic rings. The Hall–Kier alpha value is -0.0900. The molecular weight excluding hydrogens is 116 g/mol. The van der Waals surface area contributed by atoms with Gasteiger partial charge >= 0.3 is 0 Å². The van der Waals surface area contributed by atoms with Gasteiger partial charge in [0.2, 0.25) is 0 Å². The molecule has 3 nitrogen and oxygen atoms in total. The van der Waals surface area contributed by atoms with Crippen LogP contribution in [0.15, 0.2) is 0 Å². The van der Waals surface area contributed by atoms with Gasteiger partial charge in [0, 0.05) is 0 Å². The summed E-state index contributed by atoms with van der Waals surface area (Å²) >= 11 is 0. The van der Waals surface area contributed by atoms with Crippen LogP contribution in [0.3, 0.4) is 0 Å². The van der Waals surface area contributed by atoms with E-state index in [4.69, 9.17) is 0 Å². The van der Waals surface area contributed by atoms with Gasteiger partial charge in [0.1, 0.15) is 0 Å². The van der Waals surface area contributed by atoms with Crippen molar-refractivity contribution in [1.82, 2.24) is 0 Å². The van der Waals surface area contributed by atoms with E-state index in [2.05, 4.69) is 0 Å². The minimum atomic E-state index is -3.99. The van der Waals surface area contributed by atoms with Gasteiger partial charge in [0.05, 0.1) is 5.25 Å². The Morgan fingerprint density at radius 1 is 1.29 bits per heavy atom. The summed E-state index contributed by atoms with van der Waals surface area (Å²) in [5, 5.41) is -0.785. The molecule has 0 aliphatic carbocycles. The first-order valence-electron chi connectivity index (χ1n) is 1.89. The van der Waals surface area contributed by atoms with Gasteiger partial charge in [-0.25, -0.2) is 0 Å². The van der Waals surface area contributed by atoms with E-state index in [9.17, 15) is 13.0 Å². The molecule has 0 rings (SSSR count). The molecule has 0 saturated carbocycles. The van der Waals surface area contributed by atoms with E-state index in [-0.39, 0.29) is 0 Å². The summed E-state index contributed by atoms with van der Waals surface area (Å²) in [5.74, 6) is 0. The normalized spacial score (nSPS) is 12.6. The number of hydrogen-bond donors (Lipinski definition) is 0. The second kappa shape index (κ2) is 1.79. The zero-order chi connectivity index (χ0) is 6.08. The lowest BCUT2D eigenvalue weighted by Gasteiger charge is -1.91. The summed E-state index contributed by atoms with van der Waals surface area (Å²) in [6.07, 6.45) is 0. The highest BCUT2D eigenvalue weighted by atomic mass is 32.2. The van der Waals surface area contributed by atoms with Gasteiger partial charge in [-0.1, -0.05) is 4.55 Å². The Bertz CT molecular complexity index is 132. The Morgan fingerprint density at radius 3 is 1.43 bits per heavy atom. The maximum atomic E-state index is 9.78. The molecule has 43 valence electrons. The third kappa shape index (κ3) is 2.59. The van der Waals surface area contributed by atoms with Crippen molar-refractivity contribution in [3.05, 3.63) is 0 Å². The van der Waals surface area contributed by atoms with Crippen LogP contribution in [0.1, 0.15) is 13.8 Å². The van der Waals surface area contributed by atoms with Crippen molar-refractivity contribution in [2.24, 2.45) is 0 Å². The minimum Gasteiger partial charge on any atom is -0.197 e. The SMILES string of the molecule is CC(C)S([O])(=O)=O. The molecule has 0 spiro atoms. The van der Waals surface area contributed by atoms with Crippen LogP contribution in [-0.2, 0) is 14.7 Å². The molecule has 0 amide bonds. The molecule has 0 bridgehead atoms. The van der Waals surface area contributed by atoms with Crippen molar-refractivity contribution < 1.29 is 13.0 Å². The van der Waals surface area contributed by atoms with Crippen molar-refractivity contribution in [2.75, 3.05) is 0 Å². The third-order valence-electron chi connectivity index (χ3n) is 0.577. The van der Waals surface area contributed by atoms with Crippen molar-refractivity contribution in [2.45, 2.75) is 19.1 Å². The van der Waals surface area contributed by atoms with Crippen LogP contribution in [0.5, 0.6) is 0 Å². The van der Waals surface area contributed by atoms with E-state index in [1.54, 1.807) is 0 Å². The van der Waals surface area contributed by atoms with E-state index in [1.165, 1.54) is 13.8 Å². The van der Waals surface area contributed by atoms with E-state index in [0.29, 0.717) is 0 Å². The van der Waals surface area contributed by atoms with Gasteiger partial charge in [-0.3, -0.25) is 0 Å². The first-order valence-corrected chi connectivity index (χ1v) is 3.36. The summed E-state index contributed by atoms with van der Waals surface area (Å²) in [6, 6.07) is 0. The molecule has 0 aliphatic heterocycles.